The zero-order valence-corrected chi connectivity index (χ0v) is 14.7. The number of ether oxygens (including phenoxy) is 2. The predicted octanol–water partition coefficient (Wildman–Crippen LogP) is 2.69. The molecule has 1 aliphatic heterocycles. The van der Waals surface area contributed by atoms with Crippen LogP contribution in [0.5, 0.6) is 11.5 Å². The van der Waals surface area contributed by atoms with E-state index in [0.717, 1.165) is 22.3 Å². The van der Waals surface area contributed by atoms with Crippen molar-refractivity contribution in [2.45, 2.75) is 26.1 Å². The van der Waals surface area contributed by atoms with Gasteiger partial charge in [-0.15, -0.1) is 0 Å². The highest BCUT2D eigenvalue weighted by Gasteiger charge is 2.17. The molecule has 0 amide bonds. The first-order valence-corrected chi connectivity index (χ1v) is 9.51. The van der Waals surface area contributed by atoms with Crippen molar-refractivity contribution in [2.75, 3.05) is 13.2 Å². The first kappa shape index (κ1) is 16.8. The monoisotopic (exact) mass is 347 g/mol. The van der Waals surface area contributed by atoms with Crippen LogP contribution in [-0.2, 0) is 22.3 Å². The summed E-state index contributed by atoms with van der Waals surface area (Å²) in [6, 6.07) is 11.2. The number of nitrogens with one attached hydrogen (secondary N) is 1. The molecule has 1 N–H and O–H groups in total. The van der Waals surface area contributed by atoms with Gasteiger partial charge in [0.15, 0.2) is 11.5 Å². The normalized spacial score (nSPS) is 13.8. The van der Waals surface area contributed by atoms with E-state index in [2.05, 4.69) is 4.72 Å². The highest BCUT2D eigenvalue weighted by atomic mass is 32.2. The van der Waals surface area contributed by atoms with E-state index in [4.69, 9.17) is 9.47 Å². The Labute approximate surface area is 142 Å². The molecular weight excluding hydrogens is 326 g/mol. The van der Waals surface area contributed by atoms with Crippen molar-refractivity contribution in [3.8, 4) is 11.5 Å². The summed E-state index contributed by atoms with van der Waals surface area (Å²) in [5.41, 5.74) is 3.63. The van der Waals surface area contributed by atoms with Crippen molar-refractivity contribution in [2.24, 2.45) is 0 Å². The molecule has 0 atom stereocenters. The van der Waals surface area contributed by atoms with Gasteiger partial charge in [0.2, 0.25) is 10.0 Å². The summed E-state index contributed by atoms with van der Waals surface area (Å²) < 4.78 is 38.5. The average molecular weight is 347 g/mol. The van der Waals surface area contributed by atoms with Gasteiger partial charge in [-0.2, -0.15) is 0 Å². The topological polar surface area (TPSA) is 64.6 Å². The minimum Gasteiger partial charge on any atom is -0.486 e. The molecule has 0 fully saturated rings. The van der Waals surface area contributed by atoms with Crippen molar-refractivity contribution >= 4 is 10.0 Å². The summed E-state index contributed by atoms with van der Waals surface area (Å²) in [5.74, 6) is 1.36. The van der Waals surface area contributed by atoms with Crippen LogP contribution in [0.2, 0.25) is 0 Å². The molecule has 2 aromatic rings. The second kappa shape index (κ2) is 6.83. The number of hydrogen-bond acceptors (Lipinski definition) is 4. The largest absolute Gasteiger partial charge is 0.486 e. The van der Waals surface area contributed by atoms with Gasteiger partial charge in [0.25, 0.3) is 0 Å². The number of fused-ring (bicyclic) bond motifs is 1. The predicted molar refractivity (Wildman–Crippen MR) is 92.8 cm³/mol. The lowest BCUT2D eigenvalue weighted by molar-refractivity contribution is 0.171. The quantitative estimate of drug-likeness (QED) is 0.903. The molecule has 0 saturated heterocycles. The smallest absolute Gasteiger partial charge is 0.216 e. The molecule has 128 valence electrons. The molecule has 0 aliphatic carbocycles. The molecule has 0 bridgehead atoms. The lowest BCUT2D eigenvalue weighted by atomic mass is 10.1. The summed E-state index contributed by atoms with van der Waals surface area (Å²) >= 11 is 0. The van der Waals surface area contributed by atoms with Crippen molar-refractivity contribution in [3.05, 3.63) is 58.7 Å². The van der Waals surface area contributed by atoms with Crippen LogP contribution >= 0.6 is 0 Å². The third kappa shape index (κ3) is 3.88. The fourth-order valence-electron chi connectivity index (χ4n) is 2.64. The molecule has 0 radical (unpaired) electrons. The van der Waals surface area contributed by atoms with E-state index in [0.29, 0.717) is 24.7 Å². The fraction of sp³-hybridized carbons (Fsp3) is 0.333. The molecule has 0 spiro atoms. The minimum atomic E-state index is -3.42. The lowest BCUT2D eigenvalue weighted by Crippen LogP contribution is -2.25. The molecule has 6 heteroatoms. The van der Waals surface area contributed by atoms with E-state index >= 15 is 0 Å². The van der Waals surface area contributed by atoms with Crippen molar-refractivity contribution in [1.29, 1.82) is 0 Å². The molecular formula is C18H21NO4S. The van der Waals surface area contributed by atoms with Crippen molar-refractivity contribution < 1.29 is 17.9 Å². The van der Waals surface area contributed by atoms with Gasteiger partial charge in [0.1, 0.15) is 13.2 Å². The Hall–Kier alpha value is -2.05. The second-order valence-electron chi connectivity index (χ2n) is 5.93. The summed E-state index contributed by atoms with van der Waals surface area (Å²) in [5, 5.41) is 0. The van der Waals surface area contributed by atoms with Crippen LogP contribution in [0, 0.1) is 13.8 Å². The maximum atomic E-state index is 12.4. The molecule has 2 aromatic carbocycles. The zero-order chi connectivity index (χ0) is 17.2. The third-order valence-corrected chi connectivity index (χ3v) is 5.37. The summed E-state index contributed by atoms with van der Waals surface area (Å²) in [4.78, 5) is 0. The highest BCUT2D eigenvalue weighted by molar-refractivity contribution is 7.88. The summed E-state index contributed by atoms with van der Waals surface area (Å²) in [6.45, 7) is 5.12. The first-order chi connectivity index (χ1) is 11.4. The van der Waals surface area contributed by atoms with Crippen molar-refractivity contribution in [3.63, 3.8) is 0 Å². The summed E-state index contributed by atoms with van der Waals surface area (Å²) in [6.07, 6.45) is 0. The SMILES string of the molecule is Cc1cc2c(cc1CNS(=O)(=O)Cc1ccccc1C)OCCO2. The standard InChI is InChI=1S/C18H21NO4S/c1-13-5-3-4-6-15(13)12-24(20,21)19-11-16-10-18-17(9-14(16)2)22-7-8-23-18/h3-6,9-10,19H,7-8,11-12H2,1-2H3. The third-order valence-electron chi connectivity index (χ3n) is 4.09. The Balaban J connectivity index is 1.72. The van der Waals surface area contributed by atoms with Crippen LogP contribution in [-0.4, -0.2) is 21.6 Å². The van der Waals surface area contributed by atoms with Gasteiger partial charge in [0, 0.05) is 6.54 Å². The number of sulfonamides is 1. The van der Waals surface area contributed by atoms with E-state index in [1.54, 1.807) is 0 Å². The number of benzene rings is 2. The lowest BCUT2D eigenvalue weighted by Gasteiger charge is -2.20. The van der Waals surface area contributed by atoms with Gasteiger partial charge in [0.05, 0.1) is 5.75 Å². The number of rotatable bonds is 5. The van der Waals surface area contributed by atoms with E-state index in [1.165, 1.54) is 0 Å². The second-order valence-corrected chi connectivity index (χ2v) is 7.74. The molecule has 0 unspecified atom stereocenters. The summed E-state index contributed by atoms with van der Waals surface area (Å²) in [7, 11) is -3.42. The Morgan fingerprint density at radius 1 is 0.958 bits per heavy atom. The Bertz CT molecular complexity index is 846. The molecule has 5 nitrogen and oxygen atoms in total. The Morgan fingerprint density at radius 3 is 2.33 bits per heavy atom. The van der Waals surface area contributed by atoms with Gasteiger partial charge in [-0.1, -0.05) is 24.3 Å². The van der Waals surface area contributed by atoms with E-state index < -0.39 is 10.0 Å². The van der Waals surface area contributed by atoms with E-state index in [-0.39, 0.29) is 12.3 Å². The van der Waals surface area contributed by atoms with Crippen LogP contribution in [0.4, 0.5) is 0 Å². The van der Waals surface area contributed by atoms with Crippen LogP contribution in [0.1, 0.15) is 22.3 Å². The molecule has 3 rings (SSSR count). The Morgan fingerprint density at radius 2 is 1.62 bits per heavy atom. The molecule has 1 aliphatic rings. The van der Waals surface area contributed by atoms with Crippen molar-refractivity contribution in [1.82, 2.24) is 4.72 Å². The van der Waals surface area contributed by atoms with Crippen LogP contribution < -0.4 is 14.2 Å². The molecule has 0 saturated carbocycles. The average Bonchev–Trinajstić information content (AvgIpc) is 2.55. The van der Waals surface area contributed by atoms with Crippen LogP contribution in [0.15, 0.2) is 36.4 Å². The van der Waals surface area contributed by atoms with Crippen LogP contribution in [0.25, 0.3) is 0 Å². The van der Waals surface area contributed by atoms with Gasteiger partial charge >= 0.3 is 0 Å². The van der Waals surface area contributed by atoms with E-state index in [9.17, 15) is 8.42 Å². The molecule has 1 heterocycles. The van der Waals surface area contributed by atoms with Crippen LogP contribution in [0.3, 0.4) is 0 Å². The maximum Gasteiger partial charge on any atom is 0.216 e. The zero-order valence-electron chi connectivity index (χ0n) is 13.8. The molecule has 0 aromatic heterocycles. The van der Waals surface area contributed by atoms with Gasteiger partial charge in [-0.05, 0) is 48.2 Å². The van der Waals surface area contributed by atoms with E-state index in [1.807, 2.05) is 50.2 Å². The van der Waals surface area contributed by atoms with Gasteiger partial charge in [-0.25, -0.2) is 13.1 Å². The number of hydrogen-bond donors (Lipinski definition) is 1. The van der Waals surface area contributed by atoms with Gasteiger partial charge < -0.3 is 9.47 Å². The maximum absolute atomic E-state index is 12.4. The molecule has 24 heavy (non-hydrogen) atoms. The minimum absolute atomic E-state index is 0.0245. The highest BCUT2D eigenvalue weighted by Crippen LogP contribution is 2.33. The van der Waals surface area contributed by atoms with Gasteiger partial charge in [-0.3, -0.25) is 0 Å². The number of aryl methyl sites for hydroxylation is 2. The fourth-order valence-corrected chi connectivity index (χ4v) is 3.85. The Kier molecular flexibility index (Phi) is 4.78. The first-order valence-electron chi connectivity index (χ1n) is 7.85.